The lowest BCUT2D eigenvalue weighted by Gasteiger charge is -2.31. The normalized spacial score (nSPS) is 23.1. The zero-order valence-electron chi connectivity index (χ0n) is 11.9. The number of hydrogen-bond donors (Lipinski definition) is 2. The number of methoxy groups -OCH3 is 1. The molecular weight excluding hydrogens is 268 g/mol. The fourth-order valence-electron chi connectivity index (χ4n) is 3.59. The number of rotatable bonds is 2. The van der Waals surface area contributed by atoms with Crippen molar-refractivity contribution in [1.29, 1.82) is 0 Å². The molecule has 1 aliphatic rings. The molecule has 3 heterocycles. The quantitative estimate of drug-likeness (QED) is 0.759. The Morgan fingerprint density at radius 2 is 2.24 bits per heavy atom. The topological polar surface area (TPSA) is 75.7 Å². The molecule has 0 unspecified atom stereocenters. The van der Waals surface area contributed by atoms with E-state index in [1.807, 2.05) is 16.8 Å². The van der Waals surface area contributed by atoms with Crippen LogP contribution in [0.1, 0.15) is 31.7 Å². The number of nitrogens with zero attached hydrogens (tertiary/aromatic N) is 2. The first-order valence-corrected chi connectivity index (χ1v) is 7.38. The molecule has 0 radical (unpaired) electrons. The van der Waals surface area contributed by atoms with Gasteiger partial charge in [0.05, 0.1) is 29.4 Å². The molecule has 0 aromatic carbocycles. The Morgan fingerprint density at radius 3 is 3.10 bits per heavy atom. The van der Waals surface area contributed by atoms with Gasteiger partial charge in [-0.1, -0.05) is 12.8 Å². The highest BCUT2D eigenvalue weighted by Crippen LogP contribution is 2.33. The third kappa shape index (κ3) is 1.82. The molecule has 0 spiro atoms. The maximum atomic E-state index is 12.5. The van der Waals surface area contributed by atoms with Gasteiger partial charge in [0.25, 0.3) is 0 Å². The summed E-state index contributed by atoms with van der Waals surface area (Å²) in [7, 11) is 1.73. The average Bonchev–Trinajstić information content (AvgIpc) is 3.09. The number of H-pyrrole nitrogens is 2. The minimum absolute atomic E-state index is 0.0746. The van der Waals surface area contributed by atoms with Crippen molar-refractivity contribution >= 4 is 22.1 Å². The Balaban J connectivity index is 2.00. The van der Waals surface area contributed by atoms with Crippen molar-refractivity contribution in [3.8, 4) is 0 Å². The number of fused-ring (bicyclic) bond motifs is 3. The van der Waals surface area contributed by atoms with Crippen molar-refractivity contribution in [3.05, 3.63) is 28.9 Å². The van der Waals surface area contributed by atoms with Crippen LogP contribution in [-0.2, 0) is 4.74 Å². The first-order chi connectivity index (χ1) is 10.3. The summed E-state index contributed by atoms with van der Waals surface area (Å²) in [5.41, 5.74) is 2.45. The number of aromatic amines is 2. The maximum absolute atomic E-state index is 12.5. The Hall–Kier alpha value is -2.08. The number of hydrogen-bond acceptors (Lipinski definition) is 3. The van der Waals surface area contributed by atoms with Gasteiger partial charge in [-0.15, -0.1) is 0 Å². The van der Waals surface area contributed by atoms with Crippen molar-refractivity contribution < 1.29 is 4.74 Å². The summed E-state index contributed by atoms with van der Waals surface area (Å²) in [5.74, 6) is 0. The smallest absolute Gasteiger partial charge is 0.326 e. The van der Waals surface area contributed by atoms with E-state index in [4.69, 9.17) is 4.74 Å². The molecule has 1 fully saturated rings. The molecular formula is C15H18N4O2. The van der Waals surface area contributed by atoms with Crippen LogP contribution >= 0.6 is 0 Å². The van der Waals surface area contributed by atoms with Crippen molar-refractivity contribution in [1.82, 2.24) is 19.5 Å². The van der Waals surface area contributed by atoms with Crippen LogP contribution in [0.4, 0.5) is 0 Å². The predicted octanol–water partition coefficient (Wildman–Crippen LogP) is 2.34. The second-order valence-electron chi connectivity index (χ2n) is 5.69. The van der Waals surface area contributed by atoms with Crippen LogP contribution in [0.15, 0.2) is 23.3 Å². The number of pyridine rings is 1. The average molecular weight is 286 g/mol. The summed E-state index contributed by atoms with van der Waals surface area (Å²) in [6.45, 7) is 0. The van der Waals surface area contributed by atoms with Crippen LogP contribution in [-0.4, -0.2) is 32.7 Å². The summed E-state index contributed by atoms with van der Waals surface area (Å²) in [6.07, 6.45) is 7.93. The second kappa shape index (κ2) is 4.73. The molecule has 4 rings (SSSR count). The summed E-state index contributed by atoms with van der Waals surface area (Å²) >= 11 is 0. The number of nitrogens with one attached hydrogen (secondary N) is 2. The molecule has 21 heavy (non-hydrogen) atoms. The van der Waals surface area contributed by atoms with Crippen molar-refractivity contribution in [3.63, 3.8) is 0 Å². The summed E-state index contributed by atoms with van der Waals surface area (Å²) in [4.78, 5) is 22.8. The van der Waals surface area contributed by atoms with E-state index in [1.165, 1.54) is 0 Å². The molecule has 2 atom stereocenters. The van der Waals surface area contributed by atoms with E-state index in [2.05, 4.69) is 15.0 Å². The molecule has 2 N–H and O–H groups in total. The van der Waals surface area contributed by atoms with Crippen molar-refractivity contribution in [2.75, 3.05) is 7.11 Å². The van der Waals surface area contributed by atoms with E-state index < -0.39 is 0 Å². The molecule has 3 aromatic heterocycles. The van der Waals surface area contributed by atoms with Gasteiger partial charge in [0.1, 0.15) is 5.65 Å². The highest BCUT2D eigenvalue weighted by molar-refractivity contribution is 6.00. The van der Waals surface area contributed by atoms with E-state index in [0.717, 1.165) is 47.8 Å². The van der Waals surface area contributed by atoms with Crippen LogP contribution in [0, 0.1) is 0 Å². The fraction of sp³-hybridized carbons (Fsp3) is 0.467. The molecule has 0 aliphatic heterocycles. The zero-order chi connectivity index (χ0) is 14.4. The lowest BCUT2D eigenvalue weighted by Crippen LogP contribution is -2.34. The first-order valence-electron chi connectivity index (χ1n) is 7.38. The Kier molecular flexibility index (Phi) is 2.85. The first kappa shape index (κ1) is 12.6. The van der Waals surface area contributed by atoms with Gasteiger partial charge in [0.2, 0.25) is 0 Å². The lowest BCUT2D eigenvalue weighted by molar-refractivity contribution is 0.0294. The molecule has 110 valence electrons. The Bertz CT molecular complexity index is 844. The summed E-state index contributed by atoms with van der Waals surface area (Å²) < 4.78 is 7.50. The van der Waals surface area contributed by atoms with Crippen LogP contribution in [0.3, 0.4) is 0 Å². The highest BCUT2D eigenvalue weighted by Gasteiger charge is 2.29. The SMILES string of the molecule is CO[C@@H]1CCCC[C@@H]1n1c(=O)[nH]c2cnc3[nH]ccc3c21. The van der Waals surface area contributed by atoms with Gasteiger partial charge in [-0.05, 0) is 18.9 Å². The fourth-order valence-corrected chi connectivity index (χ4v) is 3.59. The lowest BCUT2D eigenvalue weighted by atomic mass is 9.92. The second-order valence-corrected chi connectivity index (χ2v) is 5.69. The molecule has 6 heteroatoms. The monoisotopic (exact) mass is 286 g/mol. The molecule has 0 amide bonds. The van der Waals surface area contributed by atoms with E-state index >= 15 is 0 Å². The van der Waals surface area contributed by atoms with Gasteiger partial charge in [0.15, 0.2) is 0 Å². The van der Waals surface area contributed by atoms with E-state index in [1.54, 1.807) is 13.3 Å². The highest BCUT2D eigenvalue weighted by atomic mass is 16.5. The molecule has 0 saturated heterocycles. The molecule has 1 saturated carbocycles. The predicted molar refractivity (Wildman–Crippen MR) is 80.5 cm³/mol. The van der Waals surface area contributed by atoms with Crippen molar-refractivity contribution in [2.24, 2.45) is 0 Å². The van der Waals surface area contributed by atoms with E-state index in [-0.39, 0.29) is 17.8 Å². The van der Waals surface area contributed by atoms with E-state index in [0.29, 0.717) is 0 Å². The van der Waals surface area contributed by atoms with Gasteiger partial charge in [-0.2, -0.15) is 0 Å². The zero-order valence-corrected chi connectivity index (χ0v) is 11.9. The van der Waals surface area contributed by atoms with Crippen LogP contribution < -0.4 is 5.69 Å². The van der Waals surface area contributed by atoms with Gasteiger partial charge in [-0.25, -0.2) is 9.78 Å². The standard InChI is InChI=1S/C15H18N4O2/c1-21-12-5-3-2-4-11(12)19-13-9-6-7-16-14(9)17-8-10(13)18-15(19)20/h6-8,11-12H,2-5H2,1H3,(H,16,17)(H,18,20)/t11-,12+/m0/s1. The van der Waals surface area contributed by atoms with Gasteiger partial charge in [0, 0.05) is 18.7 Å². The summed E-state index contributed by atoms with van der Waals surface area (Å²) in [6, 6.07) is 2.06. The largest absolute Gasteiger partial charge is 0.379 e. The molecule has 6 nitrogen and oxygen atoms in total. The van der Waals surface area contributed by atoms with Gasteiger partial charge < -0.3 is 14.7 Å². The number of imidazole rings is 1. The number of aromatic nitrogens is 4. The van der Waals surface area contributed by atoms with Gasteiger partial charge in [-0.3, -0.25) is 4.57 Å². The summed E-state index contributed by atoms with van der Waals surface area (Å²) in [5, 5.41) is 0.978. The third-order valence-corrected chi connectivity index (χ3v) is 4.56. The van der Waals surface area contributed by atoms with Crippen LogP contribution in [0.2, 0.25) is 0 Å². The molecule has 0 bridgehead atoms. The van der Waals surface area contributed by atoms with Crippen LogP contribution in [0.25, 0.3) is 22.1 Å². The van der Waals surface area contributed by atoms with E-state index in [9.17, 15) is 4.79 Å². The minimum Gasteiger partial charge on any atom is -0.379 e. The van der Waals surface area contributed by atoms with Crippen LogP contribution in [0.5, 0.6) is 0 Å². The number of ether oxygens (including phenoxy) is 1. The maximum Gasteiger partial charge on any atom is 0.326 e. The molecule has 1 aliphatic carbocycles. The third-order valence-electron chi connectivity index (χ3n) is 4.56. The minimum atomic E-state index is -0.0746. The van der Waals surface area contributed by atoms with Gasteiger partial charge >= 0.3 is 5.69 Å². The Labute approximate surface area is 121 Å². The van der Waals surface area contributed by atoms with Crippen molar-refractivity contribution in [2.45, 2.75) is 37.8 Å². The Morgan fingerprint density at radius 1 is 1.38 bits per heavy atom. The molecule has 3 aromatic rings.